The van der Waals surface area contributed by atoms with E-state index in [1.807, 2.05) is 18.2 Å². The maximum Gasteiger partial charge on any atom is 0.115 e. The zero-order valence-electron chi connectivity index (χ0n) is 8.37. The fourth-order valence-electron chi connectivity index (χ4n) is 1.55. The number of halogens is 1. The van der Waals surface area contributed by atoms with Crippen molar-refractivity contribution < 1.29 is 5.11 Å². The van der Waals surface area contributed by atoms with Gasteiger partial charge in [0.2, 0.25) is 0 Å². The van der Waals surface area contributed by atoms with Gasteiger partial charge in [-0.3, -0.25) is 0 Å². The Morgan fingerprint density at radius 3 is 2.33 bits per heavy atom. The molecule has 1 nitrogen and oxygen atoms in total. The first-order chi connectivity index (χ1) is 7.16. The Morgan fingerprint density at radius 1 is 1.00 bits per heavy atom. The summed E-state index contributed by atoms with van der Waals surface area (Å²) in [6, 6.07) is 13.4. The third-order valence-electron chi connectivity index (χ3n) is 2.38. The van der Waals surface area contributed by atoms with E-state index in [0.717, 1.165) is 10.0 Å². The fraction of sp³-hybridized carbons (Fsp3) is 0.0769. The summed E-state index contributed by atoms with van der Waals surface area (Å²) in [5, 5.41) is 9.22. The Bertz CT molecular complexity index is 474. The Hall–Kier alpha value is -1.28. The van der Waals surface area contributed by atoms with Crippen LogP contribution in [0.5, 0.6) is 5.75 Å². The van der Waals surface area contributed by atoms with Crippen molar-refractivity contribution in [1.29, 1.82) is 0 Å². The molecule has 0 atom stereocenters. The summed E-state index contributed by atoms with van der Waals surface area (Å²) in [6.45, 7) is 2.08. The van der Waals surface area contributed by atoms with Crippen LogP contribution in [0.2, 0.25) is 0 Å². The maximum atomic E-state index is 9.22. The van der Waals surface area contributed by atoms with E-state index >= 15 is 0 Å². The molecular weight excluding hydrogens is 252 g/mol. The Labute approximate surface area is 97.5 Å². The van der Waals surface area contributed by atoms with Crippen molar-refractivity contribution in [2.75, 3.05) is 0 Å². The van der Waals surface area contributed by atoms with Gasteiger partial charge in [0.1, 0.15) is 5.75 Å². The lowest BCUT2D eigenvalue weighted by atomic mass is 10.0. The van der Waals surface area contributed by atoms with Crippen LogP contribution in [0.3, 0.4) is 0 Å². The number of phenols is 1. The minimum absolute atomic E-state index is 0.298. The molecule has 0 spiro atoms. The van der Waals surface area contributed by atoms with Crippen molar-refractivity contribution in [1.82, 2.24) is 0 Å². The lowest BCUT2D eigenvalue weighted by Crippen LogP contribution is -1.82. The summed E-state index contributed by atoms with van der Waals surface area (Å²) < 4.78 is 1.07. The van der Waals surface area contributed by atoms with Crippen LogP contribution in [-0.2, 0) is 0 Å². The molecule has 0 aliphatic rings. The van der Waals surface area contributed by atoms with Gasteiger partial charge in [-0.1, -0.05) is 34.1 Å². The van der Waals surface area contributed by atoms with Gasteiger partial charge in [0.05, 0.1) is 0 Å². The predicted octanol–water partition coefficient (Wildman–Crippen LogP) is 4.13. The maximum absolute atomic E-state index is 9.22. The van der Waals surface area contributed by atoms with Crippen LogP contribution in [0.25, 0.3) is 11.1 Å². The molecule has 0 aromatic heterocycles. The van der Waals surface area contributed by atoms with Crippen molar-refractivity contribution in [2.24, 2.45) is 0 Å². The fourth-order valence-corrected chi connectivity index (χ4v) is 1.91. The molecule has 0 bridgehead atoms. The van der Waals surface area contributed by atoms with Gasteiger partial charge in [0.25, 0.3) is 0 Å². The third kappa shape index (κ3) is 2.21. The van der Waals surface area contributed by atoms with Crippen molar-refractivity contribution in [3.05, 3.63) is 52.5 Å². The molecule has 0 unspecified atom stereocenters. The number of aromatic hydroxyl groups is 1. The molecule has 0 radical (unpaired) electrons. The van der Waals surface area contributed by atoms with Crippen molar-refractivity contribution in [3.8, 4) is 16.9 Å². The standard InChI is InChI=1S/C13H11BrO/c1-9-2-5-11(14)8-13(9)10-3-6-12(15)7-4-10/h2-8,15H,1H3. The Balaban J connectivity index is 2.53. The summed E-state index contributed by atoms with van der Waals surface area (Å²) in [5.41, 5.74) is 3.53. The second-order valence-corrected chi connectivity index (χ2v) is 4.42. The number of aryl methyl sites for hydroxylation is 1. The number of benzene rings is 2. The largest absolute Gasteiger partial charge is 0.508 e. The molecule has 2 aromatic rings. The molecule has 15 heavy (non-hydrogen) atoms. The first-order valence-electron chi connectivity index (χ1n) is 4.72. The zero-order valence-corrected chi connectivity index (χ0v) is 9.95. The molecule has 76 valence electrons. The summed E-state index contributed by atoms with van der Waals surface area (Å²) in [4.78, 5) is 0. The molecule has 2 aromatic carbocycles. The van der Waals surface area contributed by atoms with Crippen molar-refractivity contribution >= 4 is 15.9 Å². The van der Waals surface area contributed by atoms with Gasteiger partial charge in [0, 0.05) is 4.47 Å². The van der Waals surface area contributed by atoms with Crippen LogP contribution in [0, 0.1) is 6.92 Å². The zero-order chi connectivity index (χ0) is 10.8. The highest BCUT2D eigenvalue weighted by Crippen LogP contribution is 2.27. The first-order valence-corrected chi connectivity index (χ1v) is 5.51. The molecule has 0 heterocycles. The lowest BCUT2D eigenvalue weighted by molar-refractivity contribution is 0.475. The van der Waals surface area contributed by atoms with Crippen molar-refractivity contribution in [2.45, 2.75) is 6.92 Å². The van der Waals surface area contributed by atoms with Gasteiger partial charge >= 0.3 is 0 Å². The second-order valence-electron chi connectivity index (χ2n) is 3.51. The third-order valence-corrected chi connectivity index (χ3v) is 2.87. The molecule has 2 heteroatoms. The van der Waals surface area contributed by atoms with E-state index < -0.39 is 0 Å². The van der Waals surface area contributed by atoms with Gasteiger partial charge in [0.15, 0.2) is 0 Å². The SMILES string of the molecule is Cc1ccc(Br)cc1-c1ccc(O)cc1. The van der Waals surface area contributed by atoms with E-state index in [2.05, 4.69) is 35.0 Å². The van der Waals surface area contributed by atoms with E-state index in [1.54, 1.807) is 12.1 Å². The molecule has 0 saturated carbocycles. The normalized spacial score (nSPS) is 10.3. The number of phenolic OH excluding ortho intramolecular Hbond substituents is 1. The van der Waals surface area contributed by atoms with Crippen LogP contribution in [-0.4, -0.2) is 5.11 Å². The smallest absolute Gasteiger partial charge is 0.115 e. The quantitative estimate of drug-likeness (QED) is 0.820. The highest BCUT2D eigenvalue weighted by Gasteiger charge is 2.02. The summed E-state index contributed by atoms with van der Waals surface area (Å²) in [6.07, 6.45) is 0. The molecule has 1 N–H and O–H groups in total. The van der Waals surface area contributed by atoms with Gasteiger partial charge in [-0.05, 0) is 47.9 Å². The van der Waals surface area contributed by atoms with E-state index in [4.69, 9.17) is 0 Å². The van der Waals surface area contributed by atoms with E-state index in [1.165, 1.54) is 11.1 Å². The van der Waals surface area contributed by atoms with Crippen LogP contribution in [0.1, 0.15) is 5.56 Å². The van der Waals surface area contributed by atoms with Crippen LogP contribution in [0.15, 0.2) is 46.9 Å². The highest BCUT2D eigenvalue weighted by atomic mass is 79.9. The van der Waals surface area contributed by atoms with Gasteiger partial charge in [-0.2, -0.15) is 0 Å². The molecule has 0 saturated heterocycles. The van der Waals surface area contributed by atoms with Crippen LogP contribution in [0.4, 0.5) is 0 Å². The topological polar surface area (TPSA) is 20.2 Å². The van der Waals surface area contributed by atoms with Crippen LogP contribution < -0.4 is 0 Å². The lowest BCUT2D eigenvalue weighted by Gasteiger charge is -2.06. The van der Waals surface area contributed by atoms with Crippen LogP contribution >= 0.6 is 15.9 Å². The van der Waals surface area contributed by atoms with E-state index in [9.17, 15) is 5.11 Å². The molecule has 0 amide bonds. The minimum Gasteiger partial charge on any atom is -0.508 e. The van der Waals surface area contributed by atoms with E-state index in [0.29, 0.717) is 5.75 Å². The second kappa shape index (κ2) is 4.07. The number of hydrogen-bond donors (Lipinski definition) is 1. The summed E-state index contributed by atoms with van der Waals surface area (Å²) >= 11 is 3.46. The van der Waals surface area contributed by atoms with Crippen molar-refractivity contribution in [3.63, 3.8) is 0 Å². The minimum atomic E-state index is 0.298. The number of rotatable bonds is 1. The Morgan fingerprint density at radius 2 is 1.67 bits per heavy atom. The molecule has 2 rings (SSSR count). The molecule has 0 aliphatic carbocycles. The average Bonchev–Trinajstić information content (AvgIpc) is 2.23. The van der Waals surface area contributed by atoms with Gasteiger partial charge in [-0.25, -0.2) is 0 Å². The molecule has 0 aliphatic heterocycles. The first kappa shape index (κ1) is 10.2. The number of hydrogen-bond acceptors (Lipinski definition) is 1. The van der Waals surface area contributed by atoms with E-state index in [-0.39, 0.29) is 0 Å². The average molecular weight is 263 g/mol. The predicted molar refractivity (Wildman–Crippen MR) is 66.0 cm³/mol. The monoisotopic (exact) mass is 262 g/mol. The molecule has 0 fully saturated rings. The van der Waals surface area contributed by atoms with Gasteiger partial charge < -0.3 is 5.11 Å². The van der Waals surface area contributed by atoms with Gasteiger partial charge in [-0.15, -0.1) is 0 Å². The summed E-state index contributed by atoms with van der Waals surface area (Å²) in [7, 11) is 0. The summed E-state index contributed by atoms with van der Waals surface area (Å²) in [5.74, 6) is 0.298. The molecular formula is C13H11BrO. The Kier molecular flexibility index (Phi) is 2.78. The highest BCUT2D eigenvalue weighted by molar-refractivity contribution is 9.10.